The predicted octanol–water partition coefficient (Wildman–Crippen LogP) is 1.46. The van der Waals surface area contributed by atoms with E-state index in [9.17, 15) is 4.79 Å². The van der Waals surface area contributed by atoms with Crippen LogP contribution in [0.5, 0.6) is 0 Å². The number of ketones is 1. The molecule has 2 aromatic rings. The number of nitrogens with one attached hydrogen (secondary N) is 1. The molecule has 1 saturated heterocycles. The summed E-state index contributed by atoms with van der Waals surface area (Å²) in [5.74, 6) is 0.385. The highest BCUT2D eigenvalue weighted by molar-refractivity contribution is 5.96. The predicted molar refractivity (Wildman–Crippen MR) is 69.9 cm³/mol. The Morgan fingerprint density at radius 2 is 2.35 bits per heavy atom. The van der Waals surface area contributed by atoms with Crippen LogP contribution in [0.1, 0.15) is 29.9 Å². The van der Waals surface area contributed by atoms with Crippen molar-refractivity contribution >= 4 is 5.78 Å². The van der Waals surface area contributed by atoms with Gasteiger partial charge in [0.1, 0.15) is 0 Å². The molecule has 6 heteroatoms. The first-order chi connectivity index (χ1) is 9.76. The molecule has 1 saturated carbocycles. The topological polar surface area (TPSA) is 80.9 Å². The summed E-state index contributed by atoms with van der Waals surface area (Å²) in [5, 5.41) is 7.12. The molecular formula is C14H14N4O2. The van der Waals surface area contributed by atoms with Crippen LogP contribution in [-0.4, -0.2) is 33.5 Å². The van der Waals surface area contributed by atoms with E-state index in [4.69, 9.17) is 4.52 Å². The van der Waals surface area contributed by atoms with Crippen molar-refractivity contribution in [3.05, 3.63) is 30.4 Å². The number of aromatic nitrogens is 3. The third kappa shape index (κ3) is 1.92. The fraction of sp³-hybridized carbons (Fsp3) is 0.429. The lowest BCUT2D eigenvalue weighted by molar-refractivity contribution is 0.0906. The second kappa shape index (κ2) is 4.21. The number of carbonyl (C=O) groups is 1. The standard InChI is InChI=1S/C14H14N4O2/c19-11(10-6-14(3-4-14)8-16-10)13-17-12(18-20-13)9-2-1-5-15-7-9/h1-2,5,7,10,16H,3-4,6,8H2/t10-/m0/s1. The number of nitrogens with zero attached hydrogens (tertiary/aromatic N) is 3. The molecule has 1 aliphatic carbocycles. The Bertz CT molecular complexity index is 648. The Morgan fingerprint density at radius 3 is 3.05 bits per heavy atom. The highest BCUT2D eigenvalue weighted by Gasteiger charge is 2.50. The van der Waals surface area contributed by atoms with Crippen molar-refractivity contribution in [3.63, 3.8) is 0 Å². The fourth-order valence-electron chi connectivity index (χ4n) is 2.75. The van der Waals surface area contributed by atoms with Gasteiger partial charge in [-0.2, -0.15) is 4.98 Å². The summed E-state index contributed by atoms with van der Waals surface area (Å²) in [7, 11) is 0. The summed E-state index contributed by atoms with van der Waals surface area (Å²) in [6, 6.07) is 3.45. The Hall–Kier alpha value is -2.08. The van der Waals surface area contributed by atoms with E-state index in [1.165, 1.54) is 12.8 Å². The van der Waals surface area contributed by atoms with Gasteiger partial charge in [0, 0.05) is 24.5 Å². The maximum atomic E-state index is 12.3. The van der Waals surface area contributed by atoms with E-state index in [-0.39, 0.29) is 17.7 Å². The molecule has 0 radical (unpaired) electrons. The van der Waals surface area contributed by atoms with Gasteiger partial charge in [-0.3, -0.25) is 9.78 Å². The molecule has 1 aliphatic heterocycles. The minimum Gasteiger partial charge on any atom is -0.330 e. The van der Waals surface area contributed by atoms with E-state index in [1.807, 2.05) is 6.07 Å². The summed E-state index contributed by atoms with van der Waals surface area (Å²) in [5.41, 5.74) is 1.11. The van der Waals surface area contributed by atoms with E-state index < -0.39 is 0 Å². The number of rotatable bonds is 3. The van der Waals surface area contributed by atoms with Crippen molar-refractivity contribution in [2.45, 2.75) is 25.3 Å². The lowest BCUT2D eigenvalue weighted by atomic mass is 10.0. The second-order valence-electron chi connectivity index (χ2n) is 5.67. The van der Waals surface area contributed by atoms with Crippen molar-refractivity contribution < 1.29 is 9.32 Å². The quantitative estimate of drug-likeness (QED) is 0.850. The summed E-state index contributed by atoms with van der Waals surface area (Å²) in [4.78, 5) is 20.5. The van der Waals surface area contributed by atoms with Gasteiger partial charge in [0.05, 0.1) is 6.04 Å². The number of Topliss-reactive ketones (excluding diaryl/α,β-unsaturated/α-hetero) is 1. The first-order valence-corrected chi connectivity index (χ1v) is 6.78. The van der Waals surface area contributed by atoms with E-state index in [2.05, 4.69) is 20.4 Å². The van der Waals surface area contributed by atoms with Gasteiger partial charge < -0.3 is 9.84 Å². The number of pyridine rings is 1. The lowest BCUT2D eigenvalue weighted by Gasteiger charge is -2.04. The van der Waals surface area contributed by atoms with Crippen molar-refractivity contribution in [3.8, 4) is 11.4 Å². The molecule has 0 aromatic carbocycles. The van der Waals surface area contributed by atoms with E-state index in [0.717, 1.165) is 18.5 Å². The van der Waals surface area contributed by atoms with Crippen LogP contribution in [0, 0.1) is 5.41 Å². The molecule has 3 heterocycles. The van der Waals surface area contributed by atoms with Gasteiger partial charge >= 0.3 is 0 Å². The van der Waals surface area contributed by atoms with Crippen molar-refractivity contribution in [2.75, 3.05) is 6.54 Å². The second-order valence-corrected chi connectivity index (χ2v) is 5.67. The lowest BCUT2D eigenvalue weighted by Crippen LogP contribution is -2.30. The van der Waals surface area contributed by atoms with Crippen LogP contribution in [0.4, 0.5) is 0 Å². The molecule has 2 fully saturated rings. The van der Waals surface area contributed by atoms with Gasteiger partial charge in [-0.15, -0.1) is 0 Å². The Balaban J connectivity index is 1.54. The van der Waals surface area contributed by atoms with Crippen molar-refractivity contribution in [1.29, 1.82) is 0 Å². The smallest absolute Gasteiger partial charge is 0.296 e. The van der Waals surface area contributed by atoms with E-state index >= 15 is 0 Å². The first kappa shape index (κ1) is 11.7. The van der Waals surface area contributed by atoms with E-state index in [0.29, 0.717) is 11.2 Å². The third-order valence-electron chi connectivity index (χ3n) is 4.19. The van der Waals surface area contributed by atoms with Crippen LogP contribution in [0.25, 0.3) is 11.4 Å². The zero-order chi connectivity index (χ0) is 13.6. The molecule has 0 amide bonds. The molecule has 0 bridgehead atoms. The zero-order valence-corrected chi connectivity index (χ0v) is 10.9. The fourth-order valence-corrected chi connectivity index (χ4v) is 2.75. The molecule has 102 valence electrons. The summed E-state index contributed by atoms with van der Waals surface area (Å²) >= 11 is 0. The Kier molecular flexibility index (Phi) is 2.47. The van der Waals surface area contributed by atoms with Crippen LogP contribution < -0.4 is 5.32 Å². The summed E-state index contributed by atoms with van der Waals surface area (Å²) < 4.78 is 5.10. The average molecular weight is 270 g/mol. The van der Waals surface area contributed by atoms with Gasteiger partial charge in [0.25, 0.3) is 5.89 Å². The summed E-state index contributed by atoms with van der Waals surface area (Å²) in [6.45, 7) is 0.924. The van der Waals surface area contributed by atoms with Gasteiger partial charge in [0.2, 0.25) is 11.6 Å². The van der Waals surface area contributed by atoms with Crippen LogP contribution in [-0.2, 0) is 0 Å². The van der Waals surface area contributed by atoms with Crippen LogP contribution >= 0.6 is 0 Å². The first-order valence-electron chi connectivity index (χ1n) is 6.78. The zero-order valence-electron chi connectivity index (χ0n) is 10.9. The molecule has 1 N–H and O–H groups in total. The van der Waals surface area contributed by atoms with Crippen LogP contribution in [0.3, 0.4) is 0 Å². The maximum absolute atomic E-state index is 12.3. The van der Waals surface area contributed by atoms with Crippen molar-refractivity contribution in [2.24, 2.45) is 5.41 Å². The Labute approximate surface area is 115 Å². The highest BCUT2D eigenvalue weighted by Crippen LogP contribution is 2.52. The van der Waals surface area contributed by atoms with Crippen molar-refractivity contribution in [1.82, 2.24) is 20.4 Å². The van der Waals surface area contributed by atoms with Gasteiger partial charge in [-0.25, -0.2) is 0 Å². The third-order valence-corrected chi connectivity index (χ3v) is 4.19. The van der Waals surface area contributed by atoms with Gasteiger partial charge in [-0.05, 0) is 36.8 Å². The number of hydrogen-bond donors (Lipinski definition) is 1. The molecule has 0 unspecified atom stereocenters. The minimum atomic E-state index is -0.181. The highest BCUT2D eigenvalue weighted by atomic mass is 16.5. The molecule has 1 spiro atoms. The number of carbonyl (C=O) groups excluding carboxylic acids is 1. The normalized spacial score (nSPS) is 23.1. The van der Waals surface area contributed by atoms with E-state index in [1.54, 1.807) is 18.5 Å². The molecule has 6 nitrogen and oxygen atoms in total. The SMILES string of the molecule is O=C(c1nc(-c2cccnc2)no1)[C@@H]1CC2(CC2)CN1. The Morgan fingerprint density at radius 1 is 1.45 bits per heavy atom. The average Bonchev–Trinajstić information content (AvgIpc) is 2.92. The molecule has 4 rings (SSSR count). The van der Waals surface area contributed by atoms with Crippen LogP contribution in [0.15, 0.2) is 29.0 Å². The largest absolute Gasteiger partial charge is 0.330 e. The molecular weight excluding hydrogens is 256 g/mol. The monoisotopic (exact) mass is 270 g/mol. The van der Waals surface area contributed by atoms with Gasteiger partial charge in [-0.1, -0.05) is 5.16 Å². The molecule has 2 aliphatic rings. The molecule has 20 heavy (non-hydrogen) atoms. The maximum Gasteiger partial charge on any atom is 0.296 e. The summed E-state index contributed by atoms with van der Waals surface area (Å²) in [6.07, 6.45) is 6.64. The number of hydrogen-bond acceptors (Lipinski definition) is 6. The van der Waals surface area contributed by atoms with Crippen LogP contribution in [0.2, 0.25) is 0 Å². The molecule has 2 aromatic heterocycles. The molecule has 1 atom stereocenters. The minimum absolute atomic E-state index is 0.0825. The van der Waals surface area contributed by atoms with Gasteiger partial charge in [0.15, 0.2) is 0 Å².